The van der Waals surface area contributed by atoms with E-state index in [4.69, 9.17) is 15.9 Å². The molecule has 0 spiro atoms. The minimum Gasteiger partial charge on any atom is -0.490 e. The van der Waals surface area contributed by atoms with Gasteiger partial charge in [-0.1, -0.05) is 6.92 Å². The van der Waals surface area contributed by atoms with Crippen LogP contribution in [0.4, 0.5) is 0 Å². The van der Waals surface area contributed by atoms with Crippen LogP contribution in [0.5, 0.6) is 5.75 Å². The Morgan fingerprint density at radius 1 is 1.28 bits per heavy atom. The van der Waals surface area contributed by atoms with E-state index in [0.717, 1.165) is 35.6 Å². The van der Waals surface area contributed by atoms with E-state index < -0.39 is 0 Å². The second kappa shape index (κ2) is 5.42. The van der Waals surface area contributed by atoms with Crippen molar-refractivity contribution in [2.24, 2.45) is 11.7 Å². The summed E-state index contributed by atoms with van der Waals surface area (Å²) in [6, 6.07) is 5.77. The molecule has 3 nitrogen and oxygen atoms in total. The zero-order valence-corrected chi connectivity index (χ0v) is 11.2. The lowest BCUT2D eigenvalue weighted by atomic mass is 9.89. The lowest BCUT2D eigenvalue weighted by Gasteiger charge is -2.27. The summed E-state index contributed by atoms with van der Waals surface area (Å²) in [5, 5.41) is 7.46. The highest BCUT2D eigenvalue weighted by Crippen LogP contribution is 2.27. The van der Waals surface area contributed by atoms with Crippen LogP contribution >= 0.6 is 0 Å². The molecule has 2 rings (SSSR count). The summed E-state index contributed by atoms with van der Waals surface area (Å²) >= 11 is 0. The summed E-state index contributed by atoms with van der Waals surface area (Å²) in [6.45, 7) is 4.27. The molecule has 0 amide bonds. The maximum atomic E-state index is 7.46. The van der Waals surface area contributed by atoms with E-state index in [0.29, 0.717) is 6.10 Å². The number of benzene rings is 1. The number of rotatable bonds is 3. The number of aryl methyl sites for hydroxylation is 1. The van der Waals surface area contributed by atoms with Gasteiger partial charge in [0, 0.05) is 5.56 Å². The highest BCUT2D eigenvalue weighted by molar-refractivity contribution is 5.96. The van der Waals surface area contributed by atoms with Gasteiger partial charge in [-0.15, -0.1) is 0 Å². The van der Waals surface area contributed by atoms with Crippen LogP contribution in [0.3, 0.4) is 0 Å². The Morgan fingerprint density at radius 2 is 1.94 bits per heavy atom. The minimum absolute atomic E-state index is 0.116. The molecular weight excluding hydrogens is 224 g/mol. The van der Waals surface area contributed by atoms with E-state index >= 15 is 0 Å². The highest BCUT2D eigenvalue weighted by Gasteiger charge is 2.19. The third-order valence-corrected chi connectivity index (χ3v) is 3.75. The molecule has 0 unspecified atom stereocenters. The van der Waals surface area contributed by atoms with Crippen LogP contribution in [0, 0.1) is 18.3 Å². The number of hydrogen-bond acceptors (Lipinski definition) is 2. The van der Waals surface area contributed by atoms with Gasteiger partial charge in [0.25, 0.3) is 0 Å². The van der Waals surface area contributed by atoms with Gasteiger partial charge in [0.05, 0.1) is 6.10 Å². The Bertz CT molecular complexity index is 434. The fourth-order valence-corrected chi connectivity index (χ4v) is 2.55. The van der Waals surface area contributed by atoms with Crippen molar-refractivity contribution in [3.05, 3.63) is 29.3 Å². The number of ether oxygens (including phenoxy) is 1. The molecule has 18 heavy (non-hydrogen) atoms. The van der Waals surface area contributed by atoms with E-state index in [9.17, 15) is 0 Å². The van der Waals surface area contributed by atoms with Crippen LogP contribution in [-0.4, -0.2) is 11.9 Å². The first kappa shape index (κ1) is 12.9. The molecule has 1 fully saturated rings. The molecule has 98 valence electrons. The Labute approximate surface area is 109 Å². The Morgan fingerprint density at radius 3 is 2.50 bits per heavy atom. The lowest BCUT2D eigenvalue weighted by molar-refractivity contribution is 0.135. The number of amidine groups is 1. The molecule has 1 aromatic rings. The van der Waals surface area contributed by atoms with Crippen molar-refractivity contribution in [3.8, 4) is 5.75 Å². The van der Waals surface area contributed by atoms with Crippen LogP contribution < -0.4 is 10.5 Å². The normalized spacial score (nSPS) is 23.7. The van der Waals surface area contributed by atoms with E-state index in [-0.39, 0.29) is 5.84 Å². The number of hydrogen-bond donors (Lipinski definition) is 2. The zero-order valence-electron chi connectivity index (χ0n) is 11.2. The van der Waals surface area contributed by atoms with Crippen molar-refractivity contribution < 1.29 is 4.74 Å². The van der Waals surface area contributed by atoms with Crippen LogP contribution in [0.25, 0.3) is 0 Å². The van der Waals surface area contributed by atoms with Crippen molar-refractivity contribution in [2.45, 2.75) is 45.6 Å². The molecule has 1 aromatic carbocycles. The molecule has 0 aliphatic heterocycles. The van der Waals surface area contributed by atoms with Gasteiger partial charge in [0.2, 0.25) is 0 Å². The summed E-state index contributed by atoms with van der Waals surface area (Å²) in [7, 11) is 0. The number of nitrogen functional groups attached to an aromatic ring is 1. The molecule has 0 saturated heterocycles. The molecule has 3 heteroatoms. The van der Waals surface area contributed by atoms with Crippen LogP contribution in [-0.2, 0) is 0 Å². The van der Waals surface area contributed by atoms with Crippen LogP contribution in [0.1, 0.15) is 43.7 Å². The monoisotopic (exact) mass is 246 g/mol. The predicted molar refractivity (Wildman–Crippen MR) is 74.2 cm³/mol. The van der Waals surface area contributed by atoms with Gasteiger partial charge in [0.1, 0.15) is 11.6 Å². The Kier molecular flexibility index (Phi) is 3.90. The third-order valence-electron chi connectivity index (χ3n) is 3.75. The standard InChI is InChI=1S/C15H22N2O/c1-10-3-5-12(6-4-10)18-13-7-8-14(15(16)17)11(2)9-13/h7-10,12H,3-6H2,1-2H3,(H3,16,17). The first-order valence-electron chi connectivity index (χ1n) is 6.68. The Balaban J connectivity index is 2.02. The molecule has 0 aromatic heterocycles. The topological polar surface area (TPSA) is 59.1 Å². The van der Waals surface area contributed by atoms with Gasteiger partial charge in [-0.25, -0.2) is 0 Å². The summed E-state index contributed by atoms with van der Waals surface area (Å²) in [4.78, 5) is 0. The second-order valence-electron chi connectivity index (χ2n) is 5.39. The van der Waals surface area contributed by atoms with Crippen molar-refractivity contribution in [1.29, 1.82) is 5.41 Å². The summed E-state index contributed by atoms with van der Waals surface area (Å²) in [5.41, 5.74) is 7.30. The second-order valence-corrected chi connectivity index (χ2v) is 5.39. The summed E-state index contributed by atoms with van der Waals surface area (Å²) in [6.07, 6.45) is 5.16. The maximum absolute atomic E-state index is 7.46. The minimum atomic E-state index is 0.116. The maximum Gasteiger partial charge on any atom is 0.123 e. The summed E-state index contributed by atoms with van der Waals surface area (Å²) < 4.78 is 6.01. The molecule has 3 N–H and O–H groups in total. The van der Waals surface area contributed by atoms with Crippen molar-refractivity contribution in [3.63, 3.8) is 0 Å². The van der Waals surface area contributed by atoms with Crippen LogP contribution in [0.15, 0.2) is 18.2 Å². The van der Waals surface area contributed by atoms with E-state index in [1.807, 2.05) is 25.1 Å². The highest BCUT2D eigenvalue weighted by atomic mass is 16.5. The van der Waals surface area contributed by atoms with Gasteiger partial charge in [0.15, 0.2) is 0 Å². The SMILES string of the molecule is Cc1cc(OC2CCC(C)CC2)ccc1C(=N)N. The molecule has 0 bridgehead atoms. The van der Waals surface area contributed by atoms with Gasteiger partial charge in [-0.2, -0.15) is 0 Å². The van der Waals surface area contributed by atoms with E-state index in [1.165, 1.54) is 12.8 Å². The molecule has 1 saturated carbocycles. The van der Waals surface area contributed by atoms with Gasteiger partial charge >= 0.3 is 0 Å². The van der Waals surface area contributed by atoms with E-state index in [1.54, 1.807) is 0 Å². The number of nitrogens with one attached hydrogen (secondary N) is 1. The van der Waals surface area contributed by atoms with Gasteiger partial charge in [-0.3, -0.25) is 5.41 Å². The molecule has 0 radical (unpaired) electrons. The molecular formula is C15H22N2O. The van der Waals surface area contributed by atoms with Crippen molar-refractivity contribution in [1.82, 2.24) is 0 Å². The summed E-state index contributed by atoms with van der Waals surface area (Å²) in [5.74, 6) is 1.86. The van der Waals surface area contributed by atoms with Gasteiger partial charge in [-0.05, 0) is 62.3 Å². The third kappa shape index (κ3) is 3.03. The average Bonchev–Trinajstić information content (AvgIpc) is 2.32. The van der Waals surface area contributed by atoms with E-state index in [2.05, 4.69) is 6.92 Å². The van der Waals surface area contributed by atoms with Gasteiger partial charge < -0.3 is 10.5 Å². The zero-order chi connectivity index (χ0) is 13.1. The fraction of sp³-hybridized carbons (Fsp3) is 0.533. The Hall–Kier alpha value is -1.51. The largest absolute Gasteiger partial charge is 0.490 e. The quantitative estimate of drug-likeness (QED) is 0.635. The first-order valence-corrected chi connectivity index (χ1v) is 6.68. The smallest absolute Gasteiger partial charge is 0.123 e. The molecule has 0 atom stereocenters. The lowest BCUT2D eigenvalue weighted by Crippen LogP contribution is -2.23. The number of nitrogens with two attached hydrogens (primary N) is 1. The first-order chi connectivity index (χ1) is 8.56. The van der Waals surface area contributed by atoms with Crippen LogP contribution in [0.2, 0.25) is 0 Å². The molecule has 0 heterocycles. The molecule has 1 aliphatic carbocycles. The predicted octanol–water partition coefficient (Wildman–Crippen LogP) is 3.24. The van der Waals surface area contributed by atoms with Crippen molar-refractivity contribution >= 4 is 5.84 Å². The fourth-order valence-electron chi connectivity index (χ4n) is 2.55. The molecule has 1 aliphatic rings. The van der Waals surface area contributed by atoms with Crippen molar-refractivity contribution in [2.75, 3.05) is 0 Å². The average molecular weight is 246 g/mol.